The summed E-state index contributed by atoms with van der Waals surface area (Å²) in [6.45, 7) is 19.4. The normalized spacial score (nSPS) is 25.7. The second-order valence-corrected chi connectivity index (χ2v) is 11.5. The summed E-state index contributed by atoms with van der Waals surface area (Å²) < 4.78 is 11.1. The monoisotopic (exact) mass is 396 g/mol. The summed E-state index contributed by atoms with van der Waals surface area (Å²) in [4.78, 5) is 24.3. The molecule has 0 saturated heterocycles. The molecule has 4 nitrogen and oxygen atoms in total. The quantitative estimate of drug-likeness (QED) is 0.473. The van der Waals surface area contributed by atoms with Gasteiger partial charge in [0.05, 0.1) is 0 Å². The summed E-state index contributed by atoms with van der Waals surface area (Å²) in [5, 5.41) is 0. The highest BCUT2D eigenvalue weighted by Crippen LogP contribution is 2.53. The third-order valence-electron chi connectivity index (χ3n) is 7.13. The Kier molecular flexibility index (Phi) is 8.18. The van der Waals surface area contributed by atoms with E-state index in [4.69, 9.17) is 9.47 Å². The Hall–Kier alpha value is -1.06. The van der Waals surface area contributed by atoms with Gasteiger partial charge in [0, 0.05) is 6.42 Å². The molecular weight excluding hydrogens is 352 g/mol. The van der Waals surface area contributed by atoms with Crippen LogP contribution in [0.1, 0.15) is 107 Å². The van der Waals surface area contributed by atoms with E-state index in [0.717, 1.165) is 32.1 Å². The second kappa shape index (κ2) is 9.17. The molecule has 0 aromatic heterocycles. The lowest BCUT2D eigenvalue weighted by atomic mass is 9.56. The molecule has 28 heavy (non-hydrogen) atoms. The number of hydrogen-bond donors (Lipinski definition) is 0. The van der Waals surface area contributed by atoms with Gasteiger partial charge in [-0.1, -0.05) is 61.8 Å². The Morgan fingerprint density at radius 1 is 1.04 bits per heavy atom. The second-order valence-electron chi connectivity index (χ2n) is 11.5. The minimum absolute atomic E-state index is 0.0704. The molecule has 4 heteroatoms. The van der Waals surface area contributed by atoms with Crippen LogP contribution in [-0.2, 0) is 19.1 Å². The third kappa shape index (κ3) is 7.08. The van der Waals surface area contributed by atoms with Crippen LogP contribution in [0, 0.1) is 22.2 Å². The first-order valence-electron chi connectivity index (χ1n) is 11.0. The predicted octanol–water partition coefficient (Wildman–Crippen LogP) is 6.31. The first kappa shape index (κ1) is 25.0. The van der Waals surface area contributed by atoms with Gasteiger partial charge in [0.25, 0.3) is 0 Å². The Labute approximate surface area is 173 Å². The lowest BCUT2D eigenvalue weighted by molar-refractivity contribution is -0.178. The molecule has 0 spiro atoms. The first-order valence-corrected chi connectivity index (χ1v) is 11.0. The topological polar surface area (TPSA) is 52.6 Å². The zero-order valence-corrected chi connectivity index (χ0v) is 19.9. The average Bonchev–Trinajstić information content (AvgIpc) is 2.56. The Balaban J connectivity index is 2.66. The average molecular weight is 397 g/mol. The first-order chi connectivity index (χ1) is 12.6. The minimum atomic E-state index is -0.512. The van der Waals surface area contributed by atoms with Gasteiger partial charge >= 0.3 is 11.9 Å². The van der Waals surface area contributed by atoms with Crippen molar-refractivity contribution >= 4 is 11.9 Å². The van der Waals surface area contributed by atoms with Gasteiger partial charge in [-0.05, 0) is 61.2 Å². The molecular formula is C24H44O4. The van der Waals surface area contributed by atoms with Crippen LogP contribution >= 0.6 is 0 Å². The van der Waals surface area contributed by atoms with E-state index in [9.17, 15) is 9.59 Å². The fourth-order valence-corrected chi connectivity index (χ4v) is 4.11. The summed E-state index contributed by atoms with van der Waals surface area (Å²) in [5.74, 6) is -0.435. The molecule has 1 saturated carbocycles. The van der Waals surface area contributed by atoms with Gasteiger partial charge in [0.1, 0.15) is 5.60 Å². The van der Waals surface area contributed by atoms with Gasteiger partial charge in [-0.2, -0.15) is 0 Å². The molecule has 0 radical (unpaired) electrons. The zero-order valence-electron chi connectivity index (χ0n) is 19.9. The largest absolute Gasteiger partial charge is 0.457 e. The van der Waals surface area contributed by atoms with Gasteiger partial charge in [-0.15, -0.1) is 0 Å². The highest BCUT2D eigenvalue weighted by atomic mass is 16.6. The van der Waals surface area contributed by atoms with Crippen LogP contribution in [0.15, 0.2) is 0 Å². The maximum Gasteiger partial charge on any atom is 0.344 e. The van der Waals surface area contributed by atoms with Crippen molar-refractivity contribution in [1.82, 2.24) is 0 Å². The van der Waals surface area contributed by atoms with E-state index in [1.54, 1.807) is 0 Å². The summed E-state index contributed by atoms with van der Waals surface area (Å²) >= 11 is 0. The number of esters is 2. The van der Waals surface area contributed by atoms with Crippen molar-refractivity contribution in [2.75, 3.05) is 6.61 Å². The Morgan fingerprint density at radius 2 is 1.64 bits per heavy atom. The van der Waals surface area contributed by atoms with Crippen LogP contribution in [0.2, 0.25) is 0 Å². The third-order valence-corrected chi connectivity index (χ3v) is 7.13. The summed E-state index contributed by atoms with van der Waals surface area (Å²) in [6, 6.07) is 0. The molecule has 164 valence electrons. The molecule has 3 atom stereocenters. The van der Waals surface area contributed by atoms with Crippen molar-refractivity contribution in [3.63, 3.8) is 0 Å². The molecule has 0 N–H and O–H groups in total. The van der Waals surface area contributed by atoms with Crippen molar-refractivity contribution in [2.24, 2.45) is 22.2 Å². The maximum absolute atomic E-state index is 12.4. The van der Waals surface area contributed by atoms with Crippen molar-refractivity contribution in [2.45, 2.75) is 113 Å². The smallest absolute Gasteiger partial charge is 0.344 e. The van der Waals surface area contributed by atoms with Crippen molar-refractivity contribution < 1.29 is 19.1 Å². The summed E-state index contributed by atoms with van der Waals surface area (Å²) in [6.07, 6.45) is 6.34. The molecule has 0 aromatic carbocycles. The van der Waals surface area contributed by atoms with Gasteiger partial charge in [0.2, 0.25) is 0 Å². The van der Waals surface area contributed by atoms with E-state index >= 15 is 0 Å². The number of carbonyl (C=O) groups is 2. The number of hydrogen-bond acceptors (Lipinski definition) is 4. The molecule has 0 heterocycles. The van der Waals surface area contributed by atoms with Gasteiger partial charge in [-0.3, -0.25) is 4.79 Å². The van der Waals surface area contributed by atoms with Crippen LogP contribution < -0.4 is 0 Å². The molecule has 1 aliphatic rings. The number of ether oxygens (including phenoxy) is 2. The molecule has 0 bridgehead atoms. The molecule has 1 fully saturated rings. The van der Waals surface area contributed by atoms with Crippen LogP contribution in [0.3, 0.4) is 0 Å². The predicted molar refractivity (Wildman–Crippen MR) is 114 cm³/mol. The zero-order chi connectivity index (χ0) is 21.8. The van der Waals surface area contributed by atoms with E-state index in [0.29, 0.717) is 12.3 Å². The molecule has 0 aliphatic heterocycles. The van der Waals surface area contributed by atoms with Crippen LogP contribution in [0.25, 0.3) is 0 Å². The van der Waals surface area contributed by atoms with E-state index in [-0.39, 0.29) is 28.8 Å². The fraction of sp³-hybridized carbons (Fsp3) is 0.917. The molecule has 3 unspecified atom stereocenters. The molecule has 0 amide bonds. The van der Waals surface area contributed by atoms with Crippen LogP contribution in [0.5, 0.6) is 0 Å². The SMILES string of the molecule is CCC(C)(OC(=O)COC(=O)CCC(C)(C)C)C1CCCC(C)(C(C)(C)C)C1. The Bertz CT molecular complexity index is 540. The van der Waals surface area contributed by atoms with Crippen molar-refractivity contribution in [1.29, 1.82) is 0 Å². The lowest BCUT2D eigenvalue weighted by Crippen LogP contribution is -2.47. The number of carbonyl (C=O) groups excluding carboxylic acids is 2. The Morgan fingerprint density at radius 3 is 2.14 bits per heavy atom. The van der Waals surface area contributed by atoms with Gasteiger partial charge in [0.15, 0.2) is 6.61 Å². The highest BCUT2D eigenvalue weighted by molar-refractivity contribution is 5.76. The van der Waals surface area contributed by atoms with Gasteiger partial charge < -0.3 is 9.47 Å². The van der Waals surface area contributed by atoms with Crippen molar-refractivity contribution in [3.05, 3.63) is 0 Å². The fourth-order valence-electron chi connectivity index (χ4n) is 4.11. The van der Waals surface area contributed by atoms with E-state index in [2.05, 4.69) is 55.4 Å². The highest BCUT2D eigenvalue weighted by Gasteiger charge is 2.47. The van der Waals surface area contributed by atoms with Crippen LogP contribution in [0.4, 0.5) is 0 Å². The summed E-state index contributed by atoms with van der Waals surface area (Å²) in [7, 11) is 0. The molecule has 1 aliphatic carbocycles. The minimum Gasteiger partial charge on any atom is -0.457 e. The maximum atomic E-state index is 12.4. The van der Waals surface area contributed by atoms with E-state index in [1.165, 1.54) is 6.42 Å². The van der Waals surface area contributed by atoms with Crippen molar-refractivity contribution in [3.8, 4) is 0 Å². The molecule has 1 rings (SSSR count). The standard InChI is InChI=1S/C24H44O4/c1-10-24(9,18-12-11-14-23(8,16-18)22(5,6)7)28-20(26)17-27-19(25)13-15-21(2,3)4/h18H,10-17H2,1-9H3. The molecule has 0 aromatic rings. The number of rotatable bonds is 7. The summed E-state index contributed by atoms with van der Waals surface area (Å²) in [5.41, 5.74) is 0.00786. The lowest BCUT2D eigenvalue weighted by Gasteiger charge is -2.51. The van der Waals surface area contributed by atoms with Gasteiger partial charge in [-0.25, -0.2) is 4.79 Å². The van der Waals surface area contributed by atoms with E-state index in [1.807, 2.05) is 6.92 Å². The van der Waals surface area contributed by atoms with E-state index < -0.39 is 11.6 Å². The van der Waals surface area contributed by atoms with Crippen LogP contribution in [-0.4, -0.2) is 24.1 Å².